The van der Waals surface area contributed by atoms with Crippen molar-refractivity contribution in [2.75, 3.05) is 24.3 Å². The van der Waals surface area contributed by atoms with E-state index < -0.39 is 8.07 Å². The Morgan fingerprint density at radius 2 is 1.52 bits per heavy atom. The zero-order valence-corrected chi connectivity index (χ0v) is 28.9. The molecule has 0 bridgehead atoms. The van der Waals surface area contributed by atoms with Crippen molar-refractivity contribution < 1.29 is 4.39 Å². The second-order valence-electron chi connectivity index (χ2n) is 13.4. The first-order chi connectivity index (χ1) is 20.8. The number of halogens is 1. The van der Waals surface area contributed by atoms with Gasteiger partial charge in [-0.05, 0) is 56.3 Å². The van der Waals surface area contributed by atoms with Crippen molar-refractivity contribution in [3.8, 4) is 11.1 Å². The van der Waals surface area contributed by atoms with E-state index in [0.29, 0.717) is 6.42 Å². The molecule has 0 spiro atoms. The maximum absolute atomic E-state index is 14.1. The molecule has 44 heavy (non-hydrogen) atoms. The first-order valence-corrected chi connectivity index (χ1v) is 19.1. The zero-order valence-electron chi connectivity index (χ0n) is 27.9. The van der Waals surface area contributed by atoms with Crippen molar-refractivity contribution >= 4 is 25.1 Å². The van der Waals surface area contributed by atoms with Crippen molar-refractivity contribution in [3.05, 3.63) is 127 Å². The van der Waals surface area contributed by atoms with Crippen LogP contribution in [0, 0.1) is 11.8 Å². The van der Waals surface area contributed by atoms with Gasteiger partial charge < -0.3 is 15.1 Å². The van der Waals surface area contributed by atoms with Crippen molar-refractivity contribution in [2.24, 2.45) is 11.8 Å². The highest BCUT2D eigenvalue weighted by atomic mass is 28.3. The molecule has 3 aromatic rings. The van der Waals surface area contributed by atoms with E-state index in [4.69, 9.17) is 0 Å². The Hall–Kier alpha value is -3.83. The van der Waals surface area contributed by atoms with Gasteiger partial charge in [0, 0.05) is 43.2 Å². The Kier molecular flexibility index (Phi) is 10.1. The molecule has 1 aliphatic rings. The number of nitrogens with zero attached hydrogens (tertiary/aromatic N) is 2. The van der Waals surface area contributed by atoms with Crippen molar-refractivity contribution in [3.63, 3.8) is 0 Å². The lowest BCUT2D eigenvalue weighted by Gasteiger charge is -2.66. The highest BCUT2D eigenvalue weighted by Gasteiger charge is 2.62. The summed E-state index contributed by atoms with van der Waals surface area (Å²) >= 11 is 0. The van der Waals surface area contributed by atoms with E-state index in [1.54, 1.807) is 6.08 Å². The van der Waals surface area contributed by atoms with Crippen molar-refractivity contribution in [2.45, 2.75) is 58.4 Å². The summed E-state index contributed by atoms with van der Waals surface area (Å²) in [5.41, 5.74) is 5.87. The number of benzene rings is 3. The molecule has 0 aliphatic heterocycles. The van der Waals surface area contributed by atoms with E-state index in [1.807, 2.05) is 6.07 Å². The maximum atomic E-state index is 14.1. The first-order valence-electron chi connectivity index (χ1n) is 15.6. The van der Waals surface area contributed by atoms with E-state index in [-0.39, 0.29) is 29.2 Å². The van der Waals surface area contributed by atoms with Gasteiger partial charge in [0.25, 0.3) is 0 Å². The van der Waals surface area contributed by atoms with Gasteiger partial charge in [0.15, 0.2) is 0 Å². The minimum absolute atomic E-state index is 0.118. The fraction of sp³-hybridized carbons (Fsp3) is 0.333. The number of rotatable bonds is 12. The van der Waals surface area contributed by atoms with Crippen LogP contribution in [0.1, 0.15) is 27.2 Å². The fourth-order valence-electron chi connectivity index (χ4n) is 6.95. The van der Waals surface area contributed by atoms with Crippen molar-refractivity contribution in [1.29, 1.82) is 0 Å². The topological polar surface area (TPSA) is 18.5 Å². The molecule has 0 saturated heterocycles. The number of anilines is 3. The van der Waals surface area contributed by atoms with Gasteiger partial charge in [0.05, 0.1) is 30.8 Å². The summed E-state index contributed by atoms with van der Waals surface area (Å²) < 4.78 is 14.1. The summed E-state index contributed by atoms with van der Waals surface area (Å²) in [6.45, 7) is 21.9. The molecule has 4 atom stereocenters. The van der Waals surface area contributed by atoms with E-state index in [1.165, 1.54) is 12.1 Å². The second-order valence-corrected chi connectivity index (χ2v) is 18.7. The fourth-order valence-corrected chi connectivity index (χ4v) is 7.54. The third kappa shape index (κ3) is 6.63. The molecule has 0 radical (unpaired) electrons. The molecule has 3 aromatic carbocycles. The van der Waals surface area contributed by atoms with Gasteiger partial charge in [-0.3, -0.25) is 0 Å². The third-order valence-electron chi connectivity index (χ3n) is 9.63. The number of hydrogen-bond acceptors (Lipinski definition) is 3. The Balaban J connectivity index is 1.78. The molecular formula is C39H50FN3Si. The minimum Gasteiger partial charge on any atom is -0.377 e. The van der Waals surface area contributed by atoms with E-state index >= 15 is 0 Å². The predicted molar refractivity (Wildman–Crippen MR) is 193 cm³/mol. The summed E-state index contributed by atoms with van der Waals surface area (Å²) in [7, 11) is 2.94. The van der Waals surface area contributed by atoms with Gasteiger partial charge in [-0.2, -0.15) is 0 Å². The Morgan fingerprint density at radius 3 is 2.14 bits per heavy atom. The van der Waals surface area contributed by atoms with Crippen LogP contribution in [-0.4, -0.2) is 38.6 Å². The SMILES string of the molecule is C=CC1C(N(C)/C=C(\C)[Si](C)(C)C)C(C)C1(CC(=C)/C=C(\C)F)N(C)c1ccccc1Nc1ccccc1-c1ccccc1. The molecule has 4 rings (SSSR count). The van der Waals surface area contributed by atoms with Crippen LogP contribution in [0.2, 0.25) is 19.6 Å². The standard InChI is InChI=1S/C39H50FN3Si/c1-11-34-38(42(6)27-30(4)44(8,9)10)31(5)39(34,26-28(2)25-29(3)40)43(7)37-24-18-17-23-36(37)41-35-22-16-15-21-33(35)32-19-13-12-14-20-32/h11-25,27,31,34,38,41H,1-2,26H2,3-10H3/b29-25+,30-27+. The molecule has 5 heteroatoms. The molecule has 1 N–H and O–H groups in total. The Morgan fingerprint density at radius 1 is 0.932 bits per heavy atom. The van der Waals surface area contributed by atoms with Crippen molar-refractivity contribution in [1.82, 2.24) is 4.90 Å². The van der Waals surface area contributed by atoms with Gasteiger partial charge in [-0.25, -0.2) is 4.39 Å². The van der Waals surface area contributed by atoms with Crippen LogP contribution < -0.4 is 10.2 Å². The van der Waals surface area contributed by atoms with Crippen LogP contribution in [0.25, 0.3) is 11.1 Å². The van der Waals surface area contributed by atoms with Gasteiger partial charge in [-0.15, -0.1) is 6.58 Å². The van der Waals surface area contributed by atoms with E-state index in [0.717, 1.165) is 33.8 Å². The minimum atomic E-state index is -1.43. The monoisotopic (exact) mass is 607 g/mol. The van der Waals surface area contributed by atoms with E-state index in [9.17, 15) is 4.39 Å². The molecule has 1 saturated carbocycles. The smallest absolute Gasteiger partial charge is 0.0971 e. The zero-order chi connectivity index (χ0) is 32.2. The average molecular weight is 608 g/mol. The summed E-state index contributed by atoms with van der Waals surface area (Å²) in [4.78, 5) is 4.80. The number of hydrogen-bond donors (Lipinski definition) is 1. The normalized spacial score (nSPS) is 22.2. The molecule has 0 aromatic heterocycles. The van der Waals surface area contributed by atoms with Gasteiger partial charge in [-0.1, -0.05) is 111 Å². The quantitative estimate of drug-likeness (QED) is 0.126. The van der Waals surface area contributed by atoms with Crippen LogP contribution in [0.15, 0.2) is 127 Å². The summed E-state index contributed by atoms with van der Waals surface area (Å²) in [6, 6.07) is 27.6. The third-order valence-corrected chi connectivity index (χ3v) is 12.1. The highest BCUT2D eigenvalue weighted by Crippen LogP contribution is 2.56. The molecular weight excluding hydrogens is 558 g/mol. The van der Waals surface area contributed by atoms with Gasteiger partial charge in [0.1, 0.15) is 0 Å². The Bertz CT molecular complexity index is 1530. The average Bonchev–Trinajstić information content (AvgIpc) is 2.98. The van der Waals surface area contributed by atoms with Gasteiger partial charge in [0.2, 0.25) is 0 Å². The highest BCUT2D eigenvalue weighted by molar-refractivity contribution is 6.82. The van der Waals surface area contributed by atoms with E-state index in [2.05, 4.69) is 161 Å². The van der Waals surface area contributed by atoms with Crippen LogP contribution in [0.3, 0.4) is 0 Å². The molecule has 0 heterocycles. The number of para-hydroxylation sites is 3. The number of nitrogens with one attached hydrogen (secondary N) is 1. The van der Waals surface area contributed by atoms with Crippen LogP contribution in [0.4, 0.5) is 21.5 Å². The maximum Gasteiger partial charge on any atom is 0.0971 e. The molecule has 0 amide bonds. The second kappa shape index (κ2) is 13.4. The lowest BCUT2D eigenvalue weighted by atomic mass is 9.52. The lowest BCUT2D eigenvalue weighted by molar-refractivity contribution is -0.0256. The molecule has 1 aliphatic carbocycles. The van der Waals surface area contributed by atoms with Gasteiger partial charge >= 0.3 is 0 Å². The molecule has 4 unspecified atom stereocenters. The van der Waals surface area contributed by atoms with Crippen LogP contribution >= 0.6 is 0 Å². The lowest BCUT2D eigenvalue weighted by Crippen LogP contribution is -2.74. The summed E-state index contributed by atoms with van der Waals surface area (Å²) in [5.74, 6) is 0.130. The summed E-state index contributed by atoms with van der Waals surface area (Å²) in [5, 5.41) is 5.24. The Labute approximate surface area is 266 Å². The predicted octanol–water partition coefficient (Wildman–Crippen LogP) is 10.6. The molecule has 232 valence electrons. The number of allylic oxidation sites excluding steroid dienone is 3. The van der Waals surface area contributed by atoms with Crippen LogP contribution in [0.5, 0.6) is 0 Å². The first kappa shape index (κ1) is 33.1. The molecule has 3 nitrogen and oxygen atoms in total. The largest absolute Gasteiger partial charge is 0.377 e. The molecule has 1 fully saturated rings. The van der Waals surface area contributed by atoms with Crippen LogP contribution in [-0.2, 0) is 0 Å². The summed E-state index contributed by atoms with van der Waals surface area (Å²) in [6.07, 6.45) is 6.66.